The minimum absolute atomic E-state index is 0.198. The highest BCUT2D eigenvalue weighted by Crippen LogP contribution is 2.40. The highest BCUT2D eigenvalue weighted by molar-refractivity contribution is 6.60. The van der Waals surface area contributed by atoms with E-state index in [1.807, 2.05) is 12.1 Å². The summed E-state index contributed by atoms with van der Waals surface area (Å²) in [5, 5.41) is 10.9. The van der Waals surface area contributed by atoms with Crippen LogP contribution in [0.15, 0.2) is 12.1 Å². The van der Waals surface area contributed by atoms with E-state index in [1.165, 1.54) is 0 Å². The van der Waals surface area contributed by atoms with Gasteiger partial charge in [-0.2, -0.15) is 0 Å². The zero-order valence-electron chi connectivity index (χ0n) is 24.4. The summed E-state index contributed by atoms with van der Waals surface area (Å²) in [5.41, 5.74) is 2.46. The van der Waals surface area contributed by atoms with E-state index in [2.05, 4.69) is 62.3 Å². The number of phenols is 1. The van der Waals surface area contributed by atoms with Gasteiger partial charge in [0.1, 0.15) is 5.75 Å². The Hall–Kier alpha value is -1.41. The molecule has 0 bridgehead atoms. The minimum atomic E-state index is -2.77. The van der Waals surface area contributed by atoms with Gasteiger partial charge >= 0.3 is 14.8 Å². The van der Waals surface area contributed by atoms with Crippen molar-refractivity contribution < 1.29 is 27.9 Å². The van der Waals surface area contributed by atoms with Crippen LogP contribution in [0.25, 0.3) is 0 Å². The van der Waals surface area contributed by atoms with Crippen molar-refractivity contribution in [2.45, 2.75) is 118 Å². The largest absolute Gasteiger partial charge is 0.507 e. The molecular weight excluding hydrogens is 472 g/mol. The molecule has 1 aromatic carbocycles. The molecule has 1 rings (SSSR count). The second-order valence-electron chi connectivity index (χ2n) is 11.6. The first-order valence-corrected chi connectivity index (χ1v) is 15.7. The van der Waals surface area contributed by atoms with Crippen LogP contribution in [0.2, 0.25) is 6.04 Å². The minimum Gasteiger partial charge on any atom is -0.507 e. The summed E-state index contributed by atoms with van der Waals surface area (Å²) in [6.45, 7) is 20.9. The highest BCUT2D eigenvalue weighted by Gasteiger charge is 2.40. The normalized spacial score (nSPS) is 12.7. The Balaban J connectivity index is 2.76. The van der Waals surface area contributed by atoms with Gasteiger partial charge in [-0.05, 0) is 59.6 Å². The number of carbonyl (C=O) groups excluding carboxylic acids is 1. The number of aryl methyl sites for hydroxylation is 1. The van der Waals surface area contributed by atoms with Crippen LogP contribution in [0.3, 0.4) is 0 Å². The van der Waals surface area contributed by atoms with E-state index in [0.717, 1.165) is 36.0 Å². The molecule has 0 unspecified atom stereocenters. The molecule has 0 aliphatic carbocycles. The molecule has 1 N–H and O–H groups in total. The van der Waals surface area contributed by atoms with Crippen molar-refractivity contribution in [3.05, 3.63) is 28.8 Å². The Labute approximate surface area is 221 Å². The maximum absolute atomic E-state index is 12.5. The number of carbonyl (C=O) groups is 1. The van der Waals surface area contributed by atoms with Gasteiger partial charge in [-0.15, -0.1) is 0 Å². The smallest absolute Gasteiger partial charge is 0.501 e. The lowest BCUT2D eigenvalue weighted by atomic mass is 9.78. The van der Waals surface area contributed by atoms with Gasteiger partial charge in [-0.1, -0.05) is 74.4 Å². The van der Waals surface area contributed by atoms with Crippen molar-refractivity contribution in [1.82, 2.24) is 0 Å². The molecule has 0 radical (unpaired) electrons. The SMILES string of the molecule is CCCO[Si](CCCOC(=O)CCc1cc(C(C)(C)C)c(O)c(C(C)(C)C)c1)(OCCC)OCCC. The second-order valence-corrected chi connectivity index (χ2v) is 14.3. The Morgan fingerprint density at radius 3 is 1.64 bits per heavy atom. The van der Waals surface area contributed by atoms with E-state index >= 15 is 0 Å². The van der Waals surface area contributed by atoms with E-state index in [1.54, 1.807) is 0 Å². The first kappa shape index (κ1) is 32.6. The fourth-order valence-electron chi connectivity index (χ4n) is 3.89. The van der Waals surface area contributed by atoms with E-state index in [-0.39, 0.29) is 16.8 Å². The molecule has 6 nitrogen and oxygen atoms in total. The van der Waals surface area contributed by atoms with Crippen molar-refractivity contribution in [2.24, 2.45) is 0 Å². The lowest BCUT2D eigenvalue weighted by molar-refractivity contribution is -0.143. The number of hydrogen-bond donors (Lipinski definition) is 1. The third-order valence-electron chi connectivity index (χ3n) is 5.87. The molecule has 0 aromatic heterocycles. The summed E-state index contributed by atoms with van der Waals surface area (Å²) >= 11 is 0. The molecule has 208 valence electrons. The molecule has 0 aliphatic heterocycles. The summed E-state index contributed by atoms with van der Waals surface area (Å²) in [6, 6.07) is 4.69. The van der Waals surface area contributed by atoms with Gasteiger partial charge in [-0.25, -0.2) is 0 Å². The zero-order valence-corrected chi connectivity index (χ0v) is 25.4. The molecule has 0 amide bonds. The Morgan fingerprint density at radius 1 is 0.806 bits per heavy atom. The van der Waals surface area contributed by atoms with Crippen LogP contribution in [0.5, 0.6) is 5.75 Å². The number of ether oxygens (including phenoxy) is 1. The number of phenolic OH excluding ortho intramolecular Hbond substituents is 1. The quantitative estimate of drug-likeness (QED) is 0.142. The lowest BCUT2D eigenvalue weighted by Gasteiger charge is -2.29. The standard InChI is InChI=1S/C29H52O6Si/c1-10-16-33-36(34-17-11-2,35-18-12-3)20-13-19-32-26(30)15-14-23-21-24(28(4,5)6)27(31)25(22-23)29(7,8)9/h21-22,31H,10-20H2,1-9H3. The van der Waals surface area contributed by atoms with E-state index < -0.39 is 8.80 Å². The van der Waals surface area contributed by atoms with Gasteiger partial charge in [0.05, 0.1) is 6.61 Å². The van der Waals surface area contributed by atoms with Crippen LogP contribution < -0.4 is 0 Å². The molecule has 0 aliphatic rings. The Kier molecular flexibility index (Phi) is 13.7. The summed E-state index contributed by atoms with van der Waals surface area (Å²) in [6.07, 6.45) is 4.23. The monoisotopic (exact) mass is 524 g/mol. The molecule has 0 saturated carbocycles. The van der Waals surface area contributed by atoms with E-state index in [0.29, 0.717) is 57.5 Å². The molecule has 0 saturated heterocycles. The maximum atomic E-state index is 12.5. The van der Waals surface area contributed by atoms with Crippen LogP contribution in [0, 0.1) is 0 Å². The average Bonchev–Trinajstić information content (AvgIpc) is 2.80. The topological polar surface area (TPSA) is 74.2 Å². The van der Waals surface area contributed by atoms with E-state index in [4.69, 9.17) is 18.0 Å². The zero-order chi connectivity index (χ0) is 27.4. The molecule has 36 heavy (non-hydrogen) atoms. The molecule has 0 atom stereocenters. The van der Waals surface area contributed by atoms with Crippen molar-refractivity contribution in [2.75, 3.05) is 26.4 Å². The number of rotatable bonds is 16. The number of hydrogen-bond acceptors (Lipinski definition) is 6. The van der Waals surface area contributed by atoms with Crippen LogP contribution >= 0.6 is 0 Å². The maximum Gasteiger partial charge on any atom is 0.501 e. The molecular formula is C29H52O6Si. The van der Waals surface area contributed by atoms with Crippen molar-refractivity contribution in [3.8, 4) is 5.75 Å². The number of benzene rings is 1. The Bertz CT molecular complexity index is 737. The molecule has 1 aromatic rings. The van der Waals surface area contributed by atoms with Crippen LogP contribution in [-0.2, 0) is 40.1 Å². The van der Waals surface area contributed by atoms with Gasteiger partial charge in [0.2, 0.25) is 0 Å². The van der Waals surface area contributed by atoms with Gasteiger partial charge in [-0.3, -0.25) is 4.79 Å². The van der Waals surface area contributed by atoms with Crippen LogP contribution in [0.4, 0.5) is 0 Å². The number of aromatic hydroxyl groups is 1. The highest BCUT2D eigenvalue weighted by atomic mass is 28.4. The van der Waals surface area contributed by atoms with Crippen molar-refractivity contribution >= 4 is 14.8 Å². The van der Waals surface area contributed by atoms with Gasteiger partial charge < -0.3 is 23.1 Å². The summed E-state index contributed by atoms with van der Waals surface area (Å²) in [5.74, 6) is 0.137. The third-order valence-corrected chi connectivity index (χ3v) is 8.77. The summed E-state index contributed by atoms with van der Waals surface area (Å²) in [4.78, 5) is 12.5. The first-order valence-electron chi connectivity index (χ1n) is 13.7. The predicted octanol–water partition coefficient (Wildman–Crippen LogP) is 7.07. The molecule has 0 spiro atoms. The second kappa shape index (κ2) is 15.1. The number of esters is 1. The Morgan fingerprint density at radius 2 is 1.25 bits per heavy atom. The van der Waals surface area contributed by atoms with Gasteiger partial charge in [0.15, 0.2) is 0 Å². The van der Waals surface area contributed by atoms with Crippen molar-refractivity contribution in [3.63, 3.8) is 0 Å². The molecule has 0 heterocycles. The van der Waals surface area contributed by atoms with Crippen LogP contribution in [-0.4, -0.2) is 46.3 Å². The fourth-order valence-corrected chi connectivity index (χ4v) is 6.70. The van der Waals surface area contributed by atoms with Crippen LogP contribution in [0.1, 0.15) is 111 Å². The van der Waals surface area contributed by atoms with Crippen molar-refractivity contribution in [1.29, 1.82) is 0 Å². The third kappa shape index (κ3) is 10.9. The first-order chi connectivity index (χ1) is 16.8. The fraction of sp³-hybridized carbons (Fsp3) is 0.759. The van der Waals surface area contributed by atoms with Gasteiger partial charge in [0.25, 0.3) is 0 Å². The summed E-state index contributed by atoms with van der Waals surface area (Å²) in [7, 11) is -2.77. The molecule has 7 heteroatoms. The average molecular weight is 525 g/mol. The summed E-state index contributed by atoms with van der Waals surface area (Å²) < 4.78 is 23.9. The lowest BCUT2D eigenvalue weighted by Crippen LogP contribution is -2.46. The van der Waals surface area contributed by atoms with Gasteiger partial charge in [0, 0.05) is 32.3 Å². The van der Waals surface area contributed by atoms with E-state index in [9.17, 15) is 9.90 Å². The molecule has 0 fully saturated rings. The predicted molar refractivity (Wildman–Crippen MR) is 149 cm³/mol.